The van der Waals surface area contributed by atoms with Crippen LogP contribution in [0.5, 0.6) is 0 Å². The molecule has 3 heterocycles. The Morgan fingerprint density at radius 1 is 1.42 bits per heavy atom. The SMILES string of the molecule is CN(Cl)Cc1cc2ncnc(N3CCOCC3)c2s1. The Morgan fingerprint density at radius 3 is 2.95 bits per heavy atom. The largest absolute Gasteiger partial charge is 0.378 e. The number of thiophene rings is 1. The molecule has 0 aromatic carbocycles. The molecular formula is C12H15ClN4OS. The summed E-state index contributed by atoms with van der Waals surface area (Å²) in [6.07, 6.45) is 1.63. The Morgan fingerprint density at radius 2 is 2.21 bits per heavy atom. The second kappa shape index (κ2) is 5.58. The van der Waals surface area contributed by atoms with E-state index in [4.69, 9.17) is 16.5 Å². The van der Waals surface area contributed by atoms with Gasteiger partial charge in [-0.05, 0) is 17.8 Å². The van der Waals surface area contributed by atoms with Crippen LogP contribution in [-0.4, -0.2) is 47.7 Å². The van der Waals surface area contributed by atoms with Crippen LogP contribution in [0.4, 0.5) is 5.82 Å². The molecule has 102 valence electrons. The minimum atomic E-state index is 0.713. The molecule has 0 amide bonds. The normalized spacial score (nSPS) is 16.5. The predicted molar refractivity (Wildman–Crippen MR) is 77.8 cm³/mol. The fraction of sp³-hybridized carbons (Fsp3) is 0.500. The Bertz CT molecular complexity index is 568. The quantitative estimate of drug-likeness (QED) is 0.812. The van der Waals surface area contributed by atoms with E-state index in [1.165, 1.54) is 4.88 Å². The maximum absolute atomic E-state index is 5.91. The van der Waals surface area contributed by atoms with Crippen molar-refractivity contribution in [1.82, 2.24) is 14.4 Å². The van der Waals surface area contributed by atoms with Gasteiger partial charge in [-0.1, -0.05) is 0 Å². The van der Waals surface area contributed by atoms with Crippen LogP contribution in [0.15, 0.2) is 12.4 Å². The Hall–Kier alpha value is -0.950. The molecule has 0 aliphatic carbocycles. The molecule has 3 rings (SSSR count). The number of ether oxygens (including phenoxy) is 1. The number of anilines is 1. The van der Waals surface area contributed by atoms with Gasteiger partial charge in [0.2, 0.25) is 0 Å². The van der Waals surface area contributed by atoms with Crippen molar-refractivity contribution in [2.24, 2.45) is 0 Å². The van der Waals surface area contributed by atoms with E-state index in [-0.39, 0.29) is 0 Å². The molecule has 0 spiro atoms. The van der Waals surface area contributed by atoms with Gasteiger partial charge in [0.25, 0.3) is 0 Å². The van der Waals surface area contributed by atoms with Gasteiger partial charge in [-0.25, -0.2) is 14.4 Å². The number of rotatable bonds is 3. The van der Waals surface area contributed by atoms with Gasteiger partial charge in [0, 0.05) is 31.6 Å². The second-order valence-electron chi connectivity index (χ2n) is 4.49. The molecule has 1 aliphatic heterocycles. The lowest BCUT2D eigenvalue weighted by molar-refractivity contribution is 0.122. The lowest BCUT2D eigenvalue weighted by Crippen LogP contribution is -2.36. The van der Waals surface area contributed by atoms with Gasteiger partial charge in [0.15, 0.2) is 0 Å². The van der Waals surface area contributed by atoms with Crippen molar-refractivity contribution in [2.45, 2.75) is 6.54 Å². The second-order valence-corrected chi connectivity index (χ2v) is 6.20. The van der Waals surface area contributed by atoms with Crippen molar-refractivity contribution < 1.29 is 4.74 Å². The van der Waals surface area contributed by atoms with E-state index in [9.17, 15) is 0 Å². The van der Waals surface area contributed by atoms with Gasteiger partial charge in [-0.15, -0.1) is 11.3 Å². The fourth-order valence-corrected chi connectivity index (χ4v) is 3.56. The molecule has 19 heavy (non-hydrogen) atoms. The summed E-state index contributed by atoms with van der Waals surface area (Å²) in [5.41, 5.74) is 0.995. The van der Waals surface area contributed by atoms with Gasteiger partial charge < -0.3 is 9.64 Å². The molecule has 0 atom stereocenters. The summed E-state index contributed by atoms with van der Waals surface area (Å²) in [4.78, 5) is 12.2. The van der Waals surface area contributed by atoms with Gasteiger partial charge in [-0.3, -0.25) is 0 Å². The molecule has 2 aromatic rings. The van der Waals surface area contributed by atoms with Gasteiger partial charge in [-0.2, -0.15) is 0 Å². The average Bonchev–Trinajstić information content (AvgIpc) is 2.80. The monoisotopic (exact) mass is 298 g/mol. The zero-order valence-electron chi connectivity index (χ0n) is 10.7. The van der Waals surface area contributed by atoms with E-state index >= 15 is 0 Å². The van der Waals surface area contributed by atoms with Crippen molar-refractivity contribution in [1.29, 1.82) is 0 Å². The zero-order chi connectivity index (χ0) is 13.2. The first-order valence-corrected chi connectivity index (χ1v) is 7.32. The van der Waals surface area contributed by atoms with Crippen LogP contribution in [-0.2, 0) is 11.3 Å². The summed E-state index contributed by atoms with van der Waals surface area (Å²) in [5, 5.41) is 0. The number of fused-ring (bicyclic) bond motifs is 1. The molecule has 0 saturated carbocycles. The summed E-state index contributed by atoms with van der Waals surface area (Å²) in [6, 6.07) is 2.09. The maximum atomic E-state index is 5.91. The predicted octanol–water partition coefficient (Wildman–Crippen LogP) is 2.11. The first kappa shape index (κ1) is 13.1. The van der Waals surface area contributed by atoms with E-state index in [1.54, 1.807) is 22.1 Å². The highest BCUT2D eigenvalue weighted by atomic mass is 35.5. The van der Waals surface area contributed by atoms with Crippen molar-refractivity contribution >= 4 is 39.1 Å². The number of nitrogens with zero attached hydrogens (tertiary/aromatic N) is 4. The minimum absolute atomic E-state index is 0.713. The highest BCUT2D eigenvalue weighted by molar-refractivity contribution is 7.19. The van der Waals surface area contributed by atoms with Gasteiger partial charge in [0.05, 0.1) is 23.4 Å². The Balaban J connectivity index is 1.97. The number of hydrogen-bond donors (Lipinski definition) is 0. The molecule has 0 radical (unpaired) electrons. The first-order chi connectivity index (χ1) is 9.24. The van der Waals surface area contributed by atoms with Crippen LogP contribution in [0, 0.1) is 0 Å². The molecule has 7 heteroatoms. The third-order valence-electron chi connectivity index (χ3n) is 3.03. The summed E-state index contributed by atoms with van der Waals surface area (Å²) < 4.78 is 8.17. The molecule has 2 aromatic heterocycles. The van der Waals surface area contributed by atoms with E-state index in [0.717, 1.165) is 42.3 Å². The number of morpholine rings is 1. The van der Waals surface area contributed by atoms with Crippen molar-refractivity contribution in [3.63, 3.8) is 0 Å². The highest BCUT2D eigenvalue weighted by Crippen LogP contribution is 2.32. The Labute approximate surface area is 120 Å². The van der Waals surface area contributed by atoms with Crippen LogP contribution < -0.4 is 4.90 Å². The minimum Gasteiger partial charge on any atom is -0.378 e. The van der Waals surface area contributed by atoms with Crippen LogP contribution in [0.25, 0.3) is 10.2 Å². The smallest absolute Gasteiger partial charge is 0.150 e. The van der Waals surface area contributed by atoms with Gasteiger partial charge in [0.1, 0.15) is 12.1 Å². The van der Waals surface area contributed by atoms with Gasteiger partial charge >= 0.3 is 0 Å². The molecule has 1 aliphatic rings. The number of halogens is 1. The maximum Gasteiger partial charge on any atom is 0.150 e. The number of aromatic nitrogens is 2. The summed E-state index contributed by atoms with van der Waals surface area (Å²) >= 11 is 7.62. The Kier molecular flexibility index (Phi) is 3.83. The molecule has 0 bridgehead atoms. The fourth-order valence-electron chi connectivity index (χ4n) is 2.18. The summed E-state index contributed by atoms with van der Waals surface area (Å²) in [5.74, 6) is 1.02. The number of hydrogen-bond acceptors (Lipinski definition) is 6. The van der Waals surface area contributed by atoms with Crippen LogP contribution in [0.2, 0.25) is 0 Å². The van der Waals surface area contributed by atoms with E-state index in [0.29, 0.717) is 6.54 Å². The molecule has 0 unspecified atom stereocenters. The topological polar surface area (TPSA) is 41.5 Å². The van der Waals surface area contributed by atoms with Crippen LogP contribution in [0.1, 0.15) is 4.88 Å². The molecule has 0 N–H and O–H groups in total. The molecule has 1 fully saturated rings. The lowest BCUT2D eigenvalue weighted by Gasteiger charge is -2.27. The van der Waals surface area contributed by atoms with Crippen LogP contribution in [0.3, 0.4) is 0 Å². The lowest BCUT2D eigenvalue weighted by atomic mass is 10.3. The van der Waals surface area contributed by atoms with Crippen molar-refractivity contribution in [3.05, 3.63) is 17.3 Å². The summed E-state index contributed by atoms with van der Waals surface area (Å²) in [7, 11) is 1.85. The molecular weight excluding hydrogens is 284 g/mol. The van der Waals surface area contributed by atoms with E-state index < -0.39 is 0 Å². The van der Waals surface area contributed by atoms with Crippen molar-refractivity contribution in [2.75, 3.05) is 38.3 Å². The zero-order valence-corrected chi connectivity index (χ0v) is 12.2. The average molecular weight is 299 g/mol. The van der Waals surface area contributed by atoms with E-state index in [1.807, 2.05) is 7.05 Å². The standard InChI is InChI=1S/C12H15ClN4OS/c1-16(13)7-9-6-10-11(19-9)12(15-8-14-10)17-2-4-18-5-3-17/h6,8H,2-5,7H2,1H3. The van der Waals surface area contributed by atoms with E-state index in [2.05, 4.69) is 20.9 Å². The molecule has 5 nitrogen and oxygen atoms in total. The molecule has 1 saturated heterocycles. The summed E-state index contributed by atoms with van der Waals surface area (Å²) in [6.45, 7) is 4.00. The van der Waals surface area contributed by atoms with Crippen molar-refractivity contribution in [3.8, 4) is 0 Å². The highest BCUT2D eigenvalue weighted by Gasteiger charge is 2.17. The third-order valence-corrected chi connectivity index (χ3v) is 4.25. The first-order valence-electron chi connectivity index (χ1n) is 6.17. The van der Waals surface area contributed by atoms with Crippen LogP contribution >= 0.6 is 23.1 Å². The third kappa shape index (κ3) is 2.81.